The lowest BCUT2D eigenvalue weighted by Crippen LogP contribution is -2.62. The van der Waals surface area contributed by atoms with Crippen LogP contribution in [0.4, 0.5) is 4.39 Å². The summed E-state index contributed by atoms with van der Waals surface area (Å²) >= 11 is 0. The lowest BCUT2D eigenvalue weighted by Gasteiger charge is -2.39. The molecule has 1 fully saturated rings. The SMILES string of the molecule is CCOC(=O)[C@]1(C)NC[C@@]2(C(=O)OC)C(=O)c3cc(F)ccc3O[C@H]21. The van der Waals surface area contributed by atoms with Gasteiger partial charge in [-0.25, -0.2) is 9.18 Å². The number of fused-ring (bicyclic) bond motifs is 2. The van der Waals surface area contributed by atoms with Gasteiger partial charge in [0.05, 0.1) is 19.3 Å². The Bertz CT molecular complexity index is 766. The van der Waals surface area contributed by atoms with Gasteiger partial charge in [0.15, 0.2) is 22.8 Å². The van der Waals surface area contributed by atoms with Gasteiger partial charge in [-0.2, -0.15) is 0 Å². The fourth-order valence-corrected chi connectivity index (χ4v) is 3.48. The summed E-state index contributed by atoms with van der Waals surface area (Å²) in [5.74, 6) is -2.67. The molecule has 0 aliphatic carbocycles. The largest absolute Gasteiger partial charge is 0.485 e. The van der Waals surface area contributed by atoms with Crippen molar-refractivity contribution in [3.63, 3.8) is 0 Å². The topological polar surface area (TPSA) is 90.9 Å². The molecule has 0 aromatic heterocycles. The molecule has 1 saturated heterocycles. The second-order valence-electron chi connectivity index (χ2n) is 6.21. The number of rotatable bonds is 3. The van der Waals surface area contributed by atoms with E-state index in [0.29, 0.717) is 0 Å². The Morgan fingerprint density at radius 2 is 2.12 bits per heavy atom. The Morgan fingerprint density at radius 3 is 2.76 bits per heavy atom. The standard InChI is InChI=1S/C17H18FNO6/c1-4-24-14(21)16(2)13-17(8-19-16,15(22)23-3)12(20)10-7-9(18)5-6-11(10)25-13/h5-7,13,19H,4,8H2,1-3H3/t13-,16+,17+/m0/s1. The molecule has 0 unspecified atom stereocenters. The molecule has 134 valence electrons. The van der Waals surface area contributed by atoms with E-state index in [0.717, 1.165) is 19.2 Å². The zero-order valence-corrected chi connectivity index (χ0v) is 14.1. The summed E-state index contributed by atoms with van der Waals surface area (Å²) in [5, 5.41) is 2.88. The number of halogens is 1. The first kappa shape index (κ1) is 17.3. The van der Waals surface area contributed by atoms with Crippen LogP contribution < -0.4 is 10.1 Å². The number of nitrogens with one attached hydrogen (secondary N) is 1. The molecule has 2 aliphatic rings. The third-order valence-corrected chi connectivity index (χ3v) is 4.79. The zero-order chi connectivity index (χ0) is 18.4. The van der Waals surface area contributed by atoms with E-state index in [2.05, 4.69) is 5.32 Å². The molecule has 3 atom stereocenters. The fraction of sp³-hybridized carbons (Fsp3) is 0.471. The molecule has 1 aromatic rings. The Hall–Kier alpha value is -2.48. The number of carbonyl (C=O) groups is 3. The summed E-state index contributed by atoms with van der Waals surface area (Å²) in [4.78, 5) is 38.1. The van der Waals surface area contributed by atoms with E-state index in [1.807, 2.05) is 0 Å². The highest BCUT2D eigenvalue weighted by molar-refractivity contribution is 6.16. The summed E-state index contributed by atoms with van der Waals surface area (Å²) in [7, 11) is 1.14. The van der Waals surface area contributed by atoms with Crippen molar-refractivity contribution in [2.75, 3.05) is 20.3 Å². The van der Waals surface area contributed by atoms with Crippen LogP contribution in [-0.2, 0) is 19.1 Å². The average Bonchev–Trinajstić information content (AvgIpc) is 2.91. The van der Waals surface area contributed by atoms with Crippen LogP contribution in [0.25, 0.3) is 0 Å². The zero-order valence-electron chi connectivity index (χ0n) is 14.1. The van der Waals surface area contributed by atoms with Gasteiger partial charge in [0.2, 0.25) is 0 Å². The Labute approximate surface area is 143 Å². The number of hydrogen-bond acceptors (Lipinski definition) is 7. The number of carbonyl (C=O) groups excluding carboxylic acids is 3. The second kappa shape index (κ2) is 5.80. The molecule has 8 heteroatoms. The lowest BCUT2D eigenvalue weighted by molar-refractivity contribution is -0.159. The average molecular weight is 351 g/mol. The predicted molar refractivity (Wildman–Crippen MR) is 82.6 cm³/mol. The summed E-state index contributed by atoms with van der Waals surface area (Å²) in [6.45, 7) is 3.09. The van der Waals surface area contributed by atoms with E-state index in [-0.39, 0.29) is 24.5 Å². The minimum atomic E-state index is -1.79. The van der Waals surface area contributed by atoms with E-state index in [1.165, 1.54) is 13.0 Å². The van der Waals surface area contributed by atoms with Crippen LogP contribution in [0.15, 0.2) is 18.2 Å². The maximum absolute atomic E-state index is 13.6. The van der Waals surface area contributed by atoms with E-state index in [1.54, 1.807) is 6.92 Å². The van der Waals surface area contributed by atoms with E-state index in [9.17, 15) is 18.8 Å². The van der Waals surface area contributed by atoms with Crippen LogP contribution in [0.5, 0.6) is 5.75 Å². The molecule has 2 aliphatic heterocycles. The third kappa shape index (κ3) is 2.24. The molecule has 7 nitrogen and oxygen atoms in total. The van der Waals surface area contributed by atoms with Crippen LogP contribution in [0, 0.1) is 11.2 Å². The van der Waals surface area contributed by atoms with Crippen molar-refractivity contribution < 1.29 is 33.0 Å². The molecular weight excluding hydrogens is 333 g/mol. The van der Waals surface area contributed by atoms with Gasteiger partial charge in [-0.15, -0.1) is 0 Å². The first-order chi connectivity index (χ1) is 11.8. The van der Waals surface area contributed by atoms with E-state index in [4.69, 9.17) is 14.2 Å². The number of benzene rings is 1. The Balaban J connectivity index is 2.17. The smallest absolute Gasteiger partial charge is 0.329 e. The van der Waals surface area contributed by atoms with E-state index >= 15 is 0 Å². The number of methoxy groups -OCH3 is 1. The van der Waals surface area contributed by atoms with Gasteiger partial charge >= 0.3 is 11.9 Å². The molecule has 25 heavy (non-hydrogen) atoms. The van der Waals surface area contributed by atoms with Crippen LogP contribution in [0.1, 0.15) is 24.2 Å². The monoisotopic (exact) mass is 351 g/mol. The van der Waals surface area contributed by atoms with Gasteiger partial charge in [-0.3, -0.25) is 14.9 Å². The lowest BCUT2D eigenvalue weighted by atomic mass is 9.71. The van der Waals surface area contributed by atoms with Crippen LogP contribution in [-0.4, -0.2) is 49.6 Å². The number of hydrogen-bond donors (Lipinski definition) is 1. The van der Waals surface area contributed by atoms with Crippen molar-refractivity contribution in [3.05, 3.63) is 29.6 Å². The second-order valence-corrected chi connectivity index (χ2v) is 6.21. The van der Waals surface area contributed by atoms with Crippen molar-refractivity contribution in [2.45, 2.75) is 25.5 Å². The summed E-state index contributed by atoms with van der Waals surface area (Å²) in [6, 6.07) is 3.45. The molecule has 2 heterocycles. The predicted octanol–water partition coefficient (Wildman–Crippen LogP) is 0.854. The molecule has 3 rings (SSSR count). The minimum absolute atomic E-state index is 0.0587. The van der Waals surface area contributed by atoms with Crippen molar-refractivity contribution >= 4 is 17.7 Å². The molecular formula is C17H18FNO6. The van der Waals surface area contributed by atoms with Gasteiger partial charge < -0.3 is 14.2 Å². The van der Waals surface area contributed by atoms with Gasteiger partial charge in [-0.1, -0.05) is 0 Å². The Morgan fingerprint density at radius 1 is 1.40 bits per heavy atom. The highest BCUT2D eigenvalue weighted by atomic mass is 19.1. The van der Waals surface area contributed by atoms with Crippen molar-refractivity contribution in [1.29, 1.82) is 0 Å². The quantitative estimate of drug-likeness (QED) is 0.638. The van der Waals surface area contributed by atoms with Crippen molar-refractivity contribution in [2.24, 2.45) is 5.41 Å². The summed E-state index contributed by atoms with van der Waals surface area (Å²) in [6.07, 6.45) is -1.18. The van der Waals surface area contributed by atoms with Crippen LogP contribution >= 0.6 is 0 Å². The third-order valence-electron chi connectivity index (χ3n) is 4.79. The maximum atomic E-state index is 13.6. The first-order valence-electron chi connectivity index (χ1n) is 7.83. The van der Waals surface area contributed by atoms with Gasteiger partial charge in [0.25, 0.3) is 0 Å². The van der Waals surface area contributed by atoms with Crippen molar-refractivity contribution in [1.82, 2.24) is 5.32 Å². The highest BCUT2D eigenvalue weighted by Crippen LogP contribution is 2.47. The normalized spacial score (nSPS) is 30.1. The number of Topliss-reactive ketones (excluding diaryl/α,β-unsaturated/α-hetero) is 1. The maximum Gasteiger partial charge on any atom is 0.329 e. The highest BCUT2D eigenvalue weighted by Gasteiger charge is 2.70. The molecule has 0 radical (unpaired) electrons. The van der Waals surface area contributed by atoms with E-state index < -0.39 is 40.6 Å². The first-order valence-corrected chi connectivity index (χ1v) is 7.83. The van der Waals surface area contributed by atoms with Crippen molar-refractivity contribution in [3.8, 4) is 5.75 Å². The molecule has 1 N–H and O–H groups in total. The van der Waals surface area contributed by atoms with Gasteiger partial charge in [0, 0.05) is 6.54 Å². The Kier molecular flexibility index (Phi) is 4.03. The summed E-state index contributed by atoms with van der Waals surface area (Å²) < 4.78 is 29.3. The number of esters is 2. The van der Waals surface area contributed by atoms with Crippen LogP contribution in [0.2, 0.25) is 0 Å². The molecule has 0 amide bonds. The number of ether oxygens (including phenoxy) is 3. The van der Waals surface area contributed by atoms with Gasteiger partial charge in [0.1, 0.15) is 11.6 Å². The summed E-state index contributed by atoms with van der Waals surface area (Å²) in [5.41, 5.74) is -3.29. The molecule has 0 saturated carbocycles. The molecule has 0 bridgehead atoms. The fourth-order valence-electron chi connectivity index (χ4n) is 3.48. The van der Waals surface area contributed by atoms with Crippen LogP contribution in [0.3, 0.4) is 0 Å². The molecule has 1 aromatic carbocycles. The number of ketones is 1. The minimum Gasteiger partial charge on any atom is -0.485 e. The van der Waals surface area contributed by atoms with Gasteiger partial charge in [-0.05, 0) is 32.0 Å². The molecule has 0 spiro atoms.